The van der Waals surface area contributed by atoms with Crippen molar-refractivity contribution in [1.82, 2.24) is 15.3 Å². The highest BCUT2D eigenvalue weighted by molar-refractivity contribution is 7.98. The van der Waals surface area contributed by atoms with Crippen molar-refractivity contribution >= 4 is 34.6 Å². The second-order valence-corrected chi connectivity index (χ2v) is 7.19. The molecule has 6 nitrogen and oxygen atoms in total. The lowest BCUT2D eigenvalue weighted by molar-refractivity contribution is 0.112. The highest BCUT2D eigenvalue weighted by Gasteiger charge is 2.19. The van der Waals surface area contributed by atoms with E-state index in [2.05, 4.69) is 33.4 Å². The Bertz CT molecular complexity index is 740. The number of thioether (sulfide) groups is 1. The topological polar surface area (TPSA) is 67.3 Å². The Labute approximate surface area is 152 Å². The van der Waals surface area contributed by atoms with Gasteiger partial charge in [0.25, 0.3) is 0 Å². The number of rotatable bonds is 7. The summed E-state index contributed by atoms with van der Waals surface area (Å²) in [6.45, 7) is 5.54. The lowest BCUT2D eigenvalue weighted by Gasteiger charge is -2.34. The molecule has 1 N–H and O–H groups in total. The number of carbonyl (C=O) groups is 1. The minimum absolute atomic E-state index is 0.336. The van der Waals surface area contributed by atoms with Crippen molar-refractivity contribution in [2.75, 3.05) is 43.1 Å². The van der Waals surface area contributed by atoms with Gasteiger partial charge < -0.3 is 15.0 Å². The summed E-state index contributed by atoms with van der Waals surface area (Å²) in [5.74, 6) is 1.04. The predicted molar refractivity (Wildman–Crippen MR) is 103 cm³/mol. The number of hydrogen-bond donors (Lipinski definition) is 1. The number of fused-ring (bicyclic) bond motifs is 1. The van der Waals surface area contributed by atoms with E-state index in [0.717, 1.165) is 49.2 Å². The zero-order valence-electron chi connectivity index (χ0n) is 14.7. The summed E-state index contributed by atoms with van der Waals surface area (Å²) < 4.78 is 5.64. The molecule has 1 aromatic carbocycles. The van der Waals surface area contributed by atoms with Crippen molar-refractivity contribution in [3.63, 3.8) is 0 Å². The Morgan fingerprint density at radius 2 is 2.36 bits per heavy atom. The molecule has 2 heterocycles. The minimum atomic E-state index is 0.336. The molecule has 0 bridgehead atoms. The number of anilines is 1. The molecule has 25 heavy (non-hydrogen) atoms. The average Bonchev–Trinajstić information content (AvgIpc) is 2.64. The normalized spacial score (nSPS) is 17.7. The average molecular weight is 360 g/mol. The molecule has 1 aromatic heterocycles. The van der Waals surface area contributed by atoms with E-state index in [9.17, 15) is 4.79 Å². The standard InChI is InChI=1S/C18H24N4O2S/c1-13-11-22(7-6-19-13)16-5-4-14(12-23)17-15(16)10-20-18(21-17)24-8-3-9-25-2/h4-5,10,12-13,19H,3,6-9,11H2,1-2H3/t13-/m1/s1. The van der Waals surface area contributed by atoms with Crippen LogP contribution in [0.4, 0.5) is 5.69 Å². The third-order valence-corrected chi connectivity index (χ3v) is 4.99. The molecule has 0 radical (unpaired) electrons. The molecule has 1 aliphatic heterocycles. The fourth-order valence-electron chi connectivity index (χ4n) is 3.07. The molecule has 3 rings (SSSR count). The second kappa shape index (κ2) is 8.49. The number of aldehydes is 1. The van der Waals surface area contributed by atoms with E-state index in [1.54, 1.807) is 18.0 Å². The molecule has 0 aliphatic carbocycles. The molecule has 2 aromatic rings. The van der Waals surface area contributed by atoms with Gasteiger partial charge in [0.1, 0.15) is 0 Å². The summed E-state index contributed by atoms with van der Waals surface area (Å²) in [7, 11) is 0. The molecular formula is C18H24N4O2S. The van der Waals surface area contributed by atoms with E-state index < -0.39 is 0 Å². The molecule has 0 spiro atoms. The Hall–Kier alpha value is -1.86. The highest BCUT2D eigenvalue weighted by Crippen LogP contribution is 2.29. The van der Waals surface area contributed by atoms with E-state index in [1.165, 1.54) is 0 Å². The molecule has 134 valence electrons. The molecule has 7 heteroatoms. The number of aromatic nitrogens is 2. The van der Waals surface area contributed by atoms with Crippen LogP contribution in [-0.2, 0) is 0 Å². The van der Waals surface area contributed by atoms with E-state index in [0.29, 0.717) is 29.7 Å². The number of nitrogens with one attached hydrogen (secondary N) is 1. The van der Waals surface area contributed by atoms with Crippen LogP contribution in [0.1, 0.15) is 23.7 Å². The third-order valence-electron chi connectivity index (χ3n) is 4.30. The minimum Gasteiger partial charge on any atom is -0.463 e. The number of piperazine rings is 1. The van der Waals surface area contributed by atoms with E-state index in [-0.39, 0.29) is 0 Å². The van der Waals surface area contributed by atoms with Gasteiger partial charge in [0.2, 0.25) is 0 Å². The van der Waals surface area contributed by atoms with Crippen molar-refractivity contribution in [3.05, 3.63) is 23.9 Å². The highest BCUT2D eigenvalue weighted by atomic mass is 32.2. The first-order valence-corrected chi connectivity index (χ1v) is 9.97. The van der Waals surface area contributed by atoms with Gasteiger partial charge in [-0.25, -0.2) is 4.98 Å². The van der Waals surface area contributed by atoms with Crippen LogP contribution < -0.4 is 15.0 Å². The van der Waals surface area contributed by atoms with Crippen LogP contribution in [0.5, 0.6) is 6.01 Å². The van der Waals surface area contributed by atoms with Gasteiger partial charge in [-0.1, -0.05) is 0 Å². The summed E-state index contributed by atoms with van der Waals surface area (Å²) in [5, 5.41) is 4.34. The predicted octanol–water partition coefficient (Wildman–Crippen LogP) is 2.37. The van der Waals surface area contributed by atoms with Gasteiger partial charge in [0.05, 0.1) is 12.1 Å². The van der Waals surface area contributed by atoms with E-state index in [1.807, 2.05) is 12.1 Å². The van der Waals surface area contributed by atoms with Crippen molar-refractivity contribution in [3.8, 4) is 6.01 Å². The van der Waals surface area contributed by atoms with Gasteiger partial charge in [-0.05, 0) is 37.5 Å². The molecule has 1 saturated heterocycles. The monoisotopic (exact) mass is 360 g/mol. The molecule has 1 fully saturated rings. The van der Waals surface area contributed by atoms with Gasteiger partial charge >= 0.3 is 6.01 Å². The first-order valence-electron chi connectivity index (χ1n) is 8.58. The first kappa shape index (κ1) is 17.9. The summed E-state index contributed by atoms with van der Waals surface area (Å²) >= 11 is 1.79. The van der Waals surface area contributed by atoms with Crippen molar-refractivity contribution in [2.24, 2.45) is 0 Å². The van der Waals surface area contributed by atoms with E-state index in [4.69, 9.17) is 4.74 Å². The number of benzene rings is 1. The van der Waals surface area contributed by atoms with Crippen LogP contribution in [-0.4, -0.2) is 60.5 Å². The second-order valence-electron chi connectivity index (χ2n) is 6.20. The molecule has 1 atom stereocenters. The van der Waals surface area contributed by atoms with Crippen LogP contribution in [0.15, 0.2) is 18.3 Å². The summed E-state index contributed by atoms with van der Waals surface area (Å²) in [4.78, 5) is 22.6. The van der Waals surface area contributed by atoms with Crippen LogP contribution in [0.3, 0.4) is 0 Å². The molecule has 0 unspecified atom stereocenters. The smallest absolute Gasteiger partial charge is 0.316 e. The zero-order valence-corrected chi connectivity index (χ0v) is 15.5. The summed E-state index contributed by atoms with van der Waals surface area (Å²) in [6.07, 6.45) is 5.64. The summed E-state index contributed by atoms with van der Waals surface area (Å²) in [5.41, 5.74) is 2.30. The maximum atomic E-state index is 11.4. The van der Waals surface area contributed by atoms with Crippen molar-refractivity contribution in [2.45, 2.75) is 19.4 Å². The lowest BCUT2D eigenvalue weighted by atomic mass is 10.1. The van der Waals surface area contributed by atoms with Gasteiger partial charge in [0, 0.05) is 48.5 Å². The van der Waals surface area contributed by atoms with Crippen LogP contribution in [0, 0.1) is 0 Å². The quantitative estimate of drug-likeness (QED) is 0.600. The van der Waals surface area contributed by atoms with E-state index >= 15 is 0 Å². The third kappa shape index (κ3) is 4.22. The lowest BCUT2D eigenvalue weighted by Crippen LogP contribution is -2.49. The Kier molecular flexibility index (Phi) is 6.09. The first-order chi connectivity index (χ1) is 12.2. The fraction of sp³-hybridized carbons (Fsp3) is 0.500. The van der Waals surface area contributed by atoms with Gasteiger partial charge in [-0.3, -0.25) is 4.79 Å². The molecule has 0 amide bonds. The van der Waals surface area contributed by atoms with Gasteiger partial charge in [0.15, 0.2) is 6.29 Å². The van der Waals surface area contributed by atoms with Gasteiger partial charge in [-0.15, -0.1) is 0 Å². The number of carbonyl (C=O) groups excluding carboxylic acids is 1. The number of ether oxygens (including phenoxy) is 1. The number of hydrogen-bond acceptors (Lipinski definition) is 7. The van der Waals surface area contributed by atoms with Crippen LogP contribution in [0.2, 0.25) is 0 Å². The Morgan fingerprint density at radius 3 is 3.12 bits per heavy atom. The Morgan fingerprint density at radius 1 is 1.48 bits per heavy atom. The van der Waals surface area contributed by atoms with Crippen molar-refractivity contribution in [1.29, 1.82) is 0 Å². The molecule has 1 aliphatic rings. The molecular weight excluding hydrogens is 336 g/mol. The number of nitrogens with zero attached hydrogens (tertiary/aromatic N) is 3. The largest absolute Gasteiger partial charge is 0.463 e. The maximum absolute atomic E-state index is 11.4. The van der Waals surface area contributed by atoms with Crippen LogP contribution >= 0.6 is 11.8 Å². The summed E-state index contributed by atoms with van der Waals surface area (Å²) in [6, 6.07) is 4.59. The SMILES string of the molecule is CSCCCOc1ncc2c(N3CCN[C@H](C)C3)ccc(C=O)c2n1. The Balaban J connectivity index is 1.90. The van der Waals surface area contributed by atoms with Crippen LogP contribution in [0.25, 0.3) is 10.9 Å². The fourth-order valence-corrected chi connectivity index (χ4v) is 3.48. The molecule has 0 saturated carbocycles. The maximum Gasteiger partial charge on any atom is 0.316 e. The zero-order chi connectivity index (χ0) is 17.6. The van der Waals surface area contributed by atoms with Crippen molar-refractivity contribution < 1.29 is 9.53 Å². The van der Waals surface area contributed by atoms with Gasteiger partial charge in [-0.2, -0.15) is 16.7 Å².